The van der Waals surface area contributed by atoms with Crippen LogP contribution in [0.5, 0.6) is 5.75 Å². The molecule has 24 heteroatoms. The van der Waals surface area contributed by atoms with Gasteiger partial charge in [0.15, 0.2) is 5.96 Å². The molecule has 6 amide bonds. The summed E-state index contributed by atoms with van der Waals surface area (Å²) in [6, 6.07) is -1.97. The number of aromatic nitrogens is 2. The number of guanidine groups is 1. The summed E-state index contributed by atoms with van der Waals surface area (Å²) in [6.07, 6.45) is 4.33. The molecule has 63 heavy (non-hydrogen) atoms. The van der Waals surface area contributed by atoms with Crippen LogP contribution in [0, 0.1) is 5.92 Å². The monoisotopic (exact) mass is 904 g/mol. The Morgan fingerprint density at radius 1 is 0.810 bits per heavy atom. The molecule has 1 heterocycles. The minimum absolute atomic E-state index is 0.0407. The number of nitrogens with two attached hydrogens (primary N) is 3. The van der Waals surface area contributed by atoms with E-state index in [1.165, 1.54) is 48.6 Å². The largest absolute Gasteiger partial charge is 0.508 e. The molecule has 0 unspecified atom stereocenters. The van der Waals surface area contributed by atoms with Gasteiger partial charge in [0.25, 0.3) is 0 Å². The Balaban J connectivity index is 2.31. The van der Waals surface area contributed by atoms with E-state index in [0.29, 0.717) is 29.9 Å². The zero-order chi connectivity index (χ0) is 47.1. The van der Waals surface area contributed by atoms with Crippen LogP contribution in [-0.4, -0.2) is 140 Å². The summed E-state index contributed by atoms with van der Waals surface area (Å²) >= 11 is 1.46. The fraction of sp³-hybridized carbons (Fsp3) is 0.538. The number of carbonyl (C=O) groups is 8. The highest BCUT2D eigenvalue weighted by Crippen LogP contribution is 2.14. The number of amides is 6. The van der Waals surface area contributed by atoms with E-state index in [1.54, 1.807) is 13.8 Å². The van der Waals surface area contributed by atoms with Crippen molar-refractivity contribution in [1.29, 1.82) is 0 Å². The molecule has 0 bridgehead atoms. The Labute approximate surface area is 368 Å². The van der Waals surface area contributed by atoms with Gasteiger partial charge >= 0.3 is 11.9 Å². The number of aromatic amines is 1. The topological polar surface area (TPSA) is 389 Å². The molecule has 0 fully saturated rings. The normalized spacial score (nSPS) is 14.2. The Kier molecular flexibility index (Phi) is 23.0. The molecule has 1 aromatic heterocycles. The summed E-state index contributed by atoms with van der Waals surface area (Å²) in [7, 11) is 0. The quantitative estimate of drug-likeness (QED) is 0.0229. The predicted octanol–water partition coefficient (Wildman–Crippen LogP) is -2.43. The number of H-pyrrole nitrogens is 1. The number of carboxylic acid groups (broad SMARTS) is 2. The zero-order valence-corrected chi connectivity index (χ0v) is 36.2. The predicted molar refractivity (Wildman–Crippen MR) is 232 cm³/mol. The average molecular weight is 905 g/mol. The lowest BCUT2D eigenvalue weighted by Crippen LogP contribution is -2.60. The molecule has 0 aliphatic carbocycles. The minimum atomic E-state index is -1.38. The third-order valence-corrected chi connectivity index (χ3v) is 10.3. The average Bonchev–Trinajstić information content (AvgIpc) is 3.76. The van der Waals surface area contributed by atoms with Crippen molar-refractivity contribution in [2.24, 2.45) is 28.1 Å². The smallest absolute Gasteiger partial charge is 0.326 e. The van der Waals surface area contributed by atoms with Crippen molar-refractivity contribution in [2.75, 3.05) is 25.1 Å². The lowest BCUT2D eigenvalue weighted by Gasteiger charge is -2.29. The van der Waals surface area contributed by atoms with E-state index >= 15 is 0 Å². The Bertz CT molecular complexity index is 1860. The van der Waals surface area contributed by atoms with Gasteiger partial charge in [0.05, 0.1) is 18.9 Å². The van der Waals surface area contributed by atoms with Crippen LogP contribution >= 0.6 is 11.8 Å². The number of benzene rings is 1. The molecule has 1 aromatic carbocycles. The van der Waals surface area contributed by atoms with Gasteiger partial charge in [0.2, 0.25) is 35.4 Å². The van der Waals surface area contributed by atoms with Crippen molar-refractivity contribution in [2.45, 2.75) is 101 Å². The van der Waals surface area contributed by atoms with Crippen molar-refractivity contribution in [3.8, 4) is 5.75 Å². The summed E-state index contributed by atoms with van der Waals surface area (Å²) in [5.41, 5.74) is 17.5. The Morgan fingerprint density at radius 2 is 1.44 bits per heavy atom. The van der Waals surface area contributed by atoms with Gasteiger partial charge < -0.3 is 69.4 Å². The third-order valence-electron chi connectivity index (χ3n) is 9.67. The second-order valence-corrected chi connectivity index (χ2v) is 15.6. The highest BCUT2D eigenvalue weighted by atomic mass is 32.2. The van der Waals surface area contributed by atoms with Crippen molar-refractivity contribution in [3.63, 3.8) is 0 Å². The number of carboxylic acids is 2. The molecule has 0 saturated carbocycles. The van der Waals surface area contributed by atoms with Gasteiger partial charge in [0.1, 0.15) is 36.0 Å². The standard InChI is InChI=1S/C39H60N12O11S/c1-4-21(2)32(37(60)50-29(17-23-18-43-20-46-23)35(58)49-27(38(61)62)6-5-14-44-39(41)42)51-36(59)28(16-22-7-9-24(52)10-8-22)47-30(53)19-45-34(57)26(11-12-31(54)55)48-33(56)25(40)13-15-63-3/h7-10,18,20-21,25-29,32,52H,4-6,11-17,19,40H2,1-3H3,(H,43,46)(H,45,57)(H,47,53)(H,48,56)(H,49,58)(H,50,60)(H,51,59)(H,54,55)(H,61,62)(H4,41,42,44)/t21-,25-,26-,27-,28-,29-,32-/m0/s1. The summed E-state index contributed by atoms with van der Waals surface area (Å²) < 4.78 is 0. The van der Waals surface area contributed by atoms with E-state index in [0.717, 1.165) is 0 Å². The molecular weight excluding hydrogens is 845 g/mol. The number of phenols is 1. The van der Waals surface area contributed by atoms with Crippen molar-refractivity contribution >= 4 is 65.1 Å². The number of hydrogen-bond acceptors (Lipinski definition) is 13. The summed E-state index contributed by atoms with van der Waals surface area (Å²) in [5.74, 6) is -7.71. The number of nitrogens with one attached hydrogen (secondary N) is 7. The van der Waals surface area contributed by atoms with Crippen LogP contribution in [0.3, 0.4) is 0 Å². The van der Waals surface area contributed by atoms with Gasteiger partial charge in [-0.15, -0.1) is 0 Å². The van der Waals surface area contributed by atoms with Crippen LogP contribution in [-0.2, 0) is 51.2 Å². The van der Waals surface area contributed by atoms with Crippen LogP contribution in [0.1, 0.15) is 63.6 Å². The Morgan fingerprint density at radius 3 is 2.03 bits per heavy atom. The summed E-state index contributed by atoms with van der Waals surface area (Å²) in [5, 5.41) is 43.9. The van der Waals surface area contributed by atoms with E-state index in [1.807, 2.05) is 6.26 Å². The first-order chi connectivity index (χ1) is 29.8. The molecule has 0 radical (unpaired) electrons. The maximum absolute atomic E-state index is 14.1. The van der Waals surface area contributed by atoms with E-state index in [9.17, 15) is 53.7 Å². The SMILES string of the molecule is CC[C@H](C)[C@H](NC(=O)[C@H](Cc1ccc(O)cc1)NC(=O)CNC(=O)[C@H](CCC(=O)O)NC(=O)[C@@H](N)CCSC)C(=O)N[C@@H](Cc1cnc[nH]1)C(=O)N[C@@H](CCCN=C(N)N)C(=O)O. The number of rotatable bonds is 29. The number of phenolic OH excluding ortho intramolecular Hbond substituents is 1. The number of imidazole rings is 1. The molecular formula is C39H60N12O11S. The second kappa shape index (κ2) is 27.5. The van der Waals surface area contributed by atoms with E-state index < -0.39 is 103 Å². The fourth-order valence-electron chi connectivity index (χ4n) is 5.88. The van der Waals surface area contributed by atoms with Crippen LogP contribution < -0.4 is 49.1 Å². The lowest BCUT2D eigenvalue weighted by molar-refractivity contribution is -0.142. The van der Waals surface area contributed by atoms with E-state index in [-0.39, 0.29) is 50.4 Å². The van der Waals surface area contributed by atoms with Crippen molar-refractivity contribution in [1.82, 2.24) is 41.9 Å². The molecule has 348 valence electrons. The molecule has 2 aromatic rings. The molecule has 0 aliphatic rings. The first kappa shape index (κ1) is 52.7. The number of hydrogen-bond donors (Lipinski definition) is 13. The summed E-state index contributed by atoms with van der Waals surface area (Å²) in [6.45, 7) is 2.83. The van der Waals surface area contributed by atoms with Crippen LogP contribution in [0.2, 0.25) is 0 Å². The number of aromatic hydroxyl groups is 1. The van der Waals surface area contributed by atoms with Gasteiger partial charge in [-0.1, -0.05) is 32.4 Å². The molecule has 0 aliphatic heterocycles. The molecule has 23 nitrogen and oxygen atoms in total. The first-order valence-corrected chi connectivity index (χ1v) is 21.5. The lowest BCUT2D eigenvalue weighted by atomic mass is 9.96. The fourth-order valence-corrected chi connectivity index (χ4v) is 6.37. The second-order valence-electron chi connectivity index (χ2n) is 14.7. The number of aliphatic carboxylic acids is 2. The van der Waals surface area contributed by atoms with Gasteiger partial charge in [-0.3, -0.25) is 38.6 Å². The third kappa shape index (κ3) is 19.9. The van der Waals surface area contributed by atoms with Crippen LogP contribution in [0.15, 0.2) is 41.8 Å². The highest BCUT2D eigenvalue weighted by molar-refractivity contribution is 7.98. The molecule has 2 rings (SSSR count). The number of aliphatic imine (C=N–C) groups is 1. The summed E-state index contributed by atoms with van der Waals surface area (Å²) in [4.78, 5) is 115. The maximum atomic E-state index is 14.1. The first-order valence-electron chi connectivity index (χ1n) is 20.1. The number of nitrogens with zero attached hydrogens (tertiary/aromatic N) is 2. The molecule has 7 atom stereocenters. The maximum Gasteiger partial charge on any atom is 0.326 e. The number of carbonyl (C=O) groups excluding carboxylic acids is 6. The van der Waals surface area contributed by atoms with Crippen LogP contribution in [0.4, 0.5) is 0 Å². The van der Waals surface area contributed by atoms with Crippen molar-refractivity contribution < 1.29 is 53.7 Å². The van der Waals surface area contributed by atoms with Crippen LogP contribution in [0.25, 0.3) is 0 Å². The van der Waals surface area contributed by atoms with Gasteiger partial charge in [-0.25, -0.2) is 9.78 Å². The highest BCUT2D eigenvalue weighted by Gasteiger charge is 2.34. The zero-order valence-electron chi connectivity index (χ0n) is 35.4. The van der Waals surface area contributed by atoms with Gasteiger partial charge in [-0.05, 0) is 61.3 Å². The Hall–Kier alpha value is -6.43. The molecule has 0 spiro atoms. The van der Waals surface area contributed by atoms with Gasteiger partial charge in [-0.2, -0.15) is 11.8 Å². The van der Waals surface area contributed by atoms with E-state index in [4.69, 9.17) is 17.2 Å². The molecule has 0 saturated heterocycles. The van der Waals surface area contributed by atoms with Crippen molar-refractivity contribution in [3.05, 3.63) is 48.0 Å². The number of thioether (sulfide) groups is 1. The van der Waals surface area contributed by atoms with E-state index in [2.05, 4.69) is 46.9 Å². The molecule has 16 N–H and O–H groups in total. The van der Waals surface area contributed by atoms with Gasteiger partial charge in [0, 0.05) is 37.7 Å². The minimum Gasteiger partial charge on any atom is -0.508 e.